The molecule has 1 aromatic rings. The van der Waals surface area contributed by atoms with E-state index in [4.69, 9.17) is 4.74 Å². The van der Waals surface area contributed by atoms with Crippen molar-refractivity contribution in [3.63, 3.8) is 0 Å². The molecule has 1 aliphatic heterocycles. The van der Waals surface area contributed by atoms with Crippen LogP contribution in [0.3, 0.4) is 0 Å². The number of benzene rings is 1. The molecular formula is C24H39N3O3. The number of likely N-dealkylation sites (tertiary alicyclic amines) is 1. The number of ether oxygens (including phenoxy) is 1. The lowest BCUT2D eigenvalue weighted by Crippen LogP contribution is -2.48. The van der Waals surface area contributed by atoms with Crippen LogP contribution < -0.4 is 10.6 Å². The first-order valence-electron chi connectivity index (χ1n) is 11.2. The molecule has 1 aromatic carbocycles. The Hall–Kier alpha value is -2.08. The van der Waals surface area contributed by atoms with Crippen molar-refractivity contribution in [2.75, 3.05) is 26.2 Å². The highest BCUT2D eigenvalue weighted by atomic mass is 16.6. The van der Waals surface area contributed by atoms with Crippen LogP contribution in [0.5, 0.6) is 0 Å². The molecule has 0 radical (unpaired) electrons. The Labute approximate surface area is 181 Å². The van der Waals surface area contributed by atoms with Gasteiger partial charge in [0.05, 0.1) is 13.2 Å². The smallest absolute Gasteiger partial charge is 0.409 e. The largest absolute Gasteiger partial charge is 0.450 e. The van der Waals surface area contributed by atoms with Crippen LogP contribution in [-0.4, -0.2) is 49.2 Å². The SMILES string of the molecule is CCOC(=O)N1CCC(NC(=O)CN[C@@H](c2ccc(C(C)(C)C)cc2)C(C)C)CC1. The molecule has 1 saturated heterocycles. The van der Waals surface area contributed by atoms with E-state index in [-0.39, 0.29) is 36.0 Å². The third-order valence-corrected chi connectivity index (χ3v) is 5.67. The molecule has 0 aliphatic carbocycles. The quantitative estimate of drug-likeness (QED) is 0.703. The molecule has 1 aliphatic rings. The average molecular weight is 418 g/mol. The van der Waals surface area contributed by atoms with Crippen molar-refractivity contribution in [1.82, 2.24) is 15.5 Å². The maximum Gasteiger partial charge on any atom is 0.409 e. The van der Waals surface area contributed by atoms with Crippen LogP contribution >= 0.6 is 0 Å². The van der Waals surface area contributed by atoms with Gasteiger partial charge in [0.2, 0.25) is 5.91 Å². The zero-order valence-corrected chi connectivity index (χ0v) is 19.5. The maximum atomic E-state index is 12.5. The highest BCUT2D eigenvalue weighted by molar-refractivity contribution is 5.78. The van der Waals surface area contributed by atoms with E-state index >= 15 is 0 Å². The number of amides is 2. The minimum atomic E-state index is -0.263. The van der Waals surface area contributed by atoms with E-state index in [0.717, 1.165) is 12.8 Å². The Bertz CT molecular complexity index is 687. The van der Waals surface area contributed by atoms with E-state index in [2.05, 4.69) is 69.5 Å². The Morgan fingerprint density at radius 3 is 2.23 bits per heavy atom. The monoisotopic (exact) mass is 417 g/mol. The summed E-state index contributed by atoms with van der Waals surface area (Å²) >= 11 is 0. The van der Waals surface area contributed by atoms with Gasteiger partial charge in [-0.1, -0.05) is 58.9 Å². The summed E-state index contributed by atoms with van der Waals surface area (Å²) in [4.78, 5) is 26.0. The van der Waals surface area contributed by atoms with E-state index in [1.807, 2.05) is 0 Å². The maximum absolute atomic E-state index is 12.5. The van der Waals surface area contributed by atoms with Crippen LogP contribution in [0, 0.1) is 5.92 Å². The summed E-state index contributed by atoms with van der Waals surface area (Å²) in [7, 11) is 0. The van der Waals surface area contributed by atoms with Crippen LogP contribution in [0.15, 0.2) is 24.3 Å². The molecule has 0 aromatic heterocycles. The van der Waals surface area contributed by atoms with Crippen LogP contribution in [0.1, 0.15) is 71.6 Å². The minimum Gasteiger partial charge on any atom is -0.450 e. The van der Waals surface area contributed by atoms with Crippen molar-refractivity contribution in [2.45, 2.75) is 71.9 Å². The molecule has 0 unspecified atom stereocenters. The highest BCUT2D eigenvalue weighted by Gasteiger charge is 2.25. The number of rotatable bonds is 7. The summed E-state index contributed by atoms with van der Waals surface area (Å²) in [6.07, 6.45) is 1.25. The zero-order chi connectivity index (χ0) is 22.3. The lowest BCUT2D eigenvalue weighted by molar-refractivity contribution is -0.121. The lowest BCUT2D eigenvalue weighted by atomic mass is 9.85. The Morgan fingerprint density at radius 2 is 1.73 bits per heavy atom. The minimum absolute atomic E-state index is 0.00143. The molecule has 0 saturated carbocycles. The van der Waals surface area contributed by atoms with Crippen LogP contribution in [0.25, 0.3) is 0 Å². The van der Waals surface area contributed by atoms with Crippen LogP contribution in [0.4, 0.5) is 4.79 Å². The van der Waals surface area contributed by atoms with Crippen LogP contribution in [0.2, 0.25) is 0 Å². The molecule has 6 heteroatoms. The Kier molecular flexibility index (Phi) is 8.71. The number of carbonyl (C=O) groups is 2. The van der Waals surface area contributed by atoms with Crippen molar-refractivity contribution in [1.29, 1.82) is 0 Å². The summed E-state index contributed by atoms with van der Waals surface area (Å²) in [5.41, 5.74) is 2.64. The highest BCUT2D eigenvalue weighted by Crippen LogP contribution is 2.26. The second-order valence-electron chi connectivity index (χ2n) is 9.50. The predicted molar refractivity (Wildman–Crippen MR) is 120 cm³/mol. The fourth-order valence-corrected chi connectivity index (χ4v) is 3.83. The van der Waals surface area contributed by atoms with Crippen molar-refractivity contribution in [3.05, 3.63) is 35.4 Å². The van der Waals surface area contributed by atoms with E-state index in [9.17, 15) is 9.59 Å². The van der Waals surface area contributed by atoms with Gasteiger partial charge in [-0.05, 0) is 42.2 Å². The van der Waals surface area contributed by atoms with Gasteiger partial charge in [0.15, 0.2) is 0 Å². The van der Waals surface area contributed by atoms with Gasteiger partial charge >= 0.3 is 6.09 Å². The normalized spacial score (nSPS) is 16.4. The molecule has 2 N–H and O–H groups in total. The third-order valence-electron chi connectivity index (χ3n) is 5.67. The summed E-state index contributed by atoms with van der Waals surface area (Å²) in [6, 6.07) is 8.93. The topological polar surface area (TPSA) is 70.7 Å². The van der Waals surface area contributed by atoms with Crippen LogP contribution in [-0.2, 0) is 14.9 Å². The number of nitrogens with zero attached hydrogens (tertiary/aromatic N) is 1. The molecule has 1 fully saturated rings. The predicted octanol–water partition coefficient (Wildman–Crippen LogP) is 4.01. The number of hydrogen-bond donors (Lipinski definition) is 2. The van der Waals surface area contributed by atoms with Gasteiger partial charge in [-0.25, -0.2) is 4.79 Å². The van der Waals surface area contributed by atoms with Crippen molar-refractivity contribution in [3.8, 4) is 0 Å². The van der Waals surface area contributed by atoms with Gasteiger partial charge in [-0.3, -0.25) is 4.79 Å². The van der Waals surface area contributed by atoms with Gasteiger partial charge < -0.3 is 20.3 Å². The summed E-state index contributed by atoms with van der Waals surface area (Å²) < 4.78 is 5.04. The lowest BCUT2D eigenvalue weighted by Gasteiger charge is -2.32. The van der Waals surface area contributed by atoms with Gasteiger partial charge in [0.1, 0.15) is 0 Å². The Balaban J connectivity index is 1.84. The van der Waals surface area contributed by atoms with E-state index < -0.39 is 0 Å². The van der Waals surface area contributed by atoms with Crippen molar-refractivity contribution >= 4 is 12.0 Å². The molecule has 6 nitrogen and oxygen atoms in total. The fourth-order valence-electron chi connectivity index (χ4n) is 3.83. The molecule has 30 heavy (non-hydrogen) atoms. The molecule has 0 spiro atoms. The Morgan fingerprint density at radius 1 is 1.13 bits per heavy atom. The van der Waals surface area contributed by atoms with E-state index in [0.29, 0.717) is 25.6 Å². The summed E-state index contributed by atoms with van der Waals surface area (Å²) in [6.45, 7) is 14.7. The van der Waals surface area contributed by atoms with Gasteiger partial charge in [-0.2, -0.15) is 0 Å². The second kappa shape index (κ2) is 10.8. The summed E-state index contributed by atoms with van der Waals surface area (Å²) in [5.74, 6) is 0.368. The molecule has 2 amide bonds. The number of nitrogens with one attached hydrogen (secondary N) is 2. The van der Waals surface area contributed by atoms with E-state index in [1.165, 1.54) is 11.1 Å². The van der Waals surface area contributed by atoms with Crippen molar-refractivity contribution < 1.29 is 14.3 Å². The van der Waals surface area contributed by atoms with Crippen molar-refractivity contribution in [2.24, 2.45) is 5.92 Å². The number of piperidine rings is 1. The van der Waals surface area contributed by atoms with Gasteiger partial charge in [0.25, 0.3) is 0 Å². The molecule has 1 atom stereocenters. The first-order chi connectivity index (χ1) is 14.1. The zero-order valence-electron chi connectivity index (χ0n) is 19.5. The number of carbonyl (C=O) groups excluding carboxylic acids is 2. The molecule has 1 heterocycles. The standard InChI is InChI=1S/C24H39N3O3/c1-7-30-23(29)27-14-12-20(13-15-27)26-21(28)16-25-22(17(2)3)18-8-10-19(11-9-18)24(4,5)6/h8-11,17,20,22,25H,7,12-16H2,1-6H3,(H,26,28)/t22-/m1/s1. The van der Waals surface area contributed by atoms with Gasteiger partial charge in [0, 0.05) is 25.2 Å². The molecular weight excluding hydrogens is 378 g/mol. The van der Waals surface area contributed by atoms with Gasteiger partial charge in [-0.15, -0.1) is 0 Å². The third kappa shape index (κ3) is 7.01. The average Bonchev–Trinajstić information content (AvgIpc) is 2.68. The second-order valence-corrected chi connectivity index (χ2v) is 9.50. The fraction of sp³-hybridized carbons (Fsp3) is 0.667. The number of hydrogen-bond acceptors (Lipinski definition) is 4. The molecule has 0 bridgehead atoms. The van der Waals surface area contributed by atoms with E-state index in [1.54, 1.807) is 11.8 Å². The summed E-state index contributed by atoms with van der Waals surface area (Å²) in [5, 5.41) is 6.54. The molecule has 2 rings (SSSR count). The molecule has 168 valence electrons. The first kappa shape index (κ1) is 24.2. The first-order valence-corrected chi connectivity index (χ1v) is 11.2.